The molecule has 0 spiro atoms. The van der Waals surface area contributed by atoms with Crippen LogP contribution < -0.4 is 10.9 Å². The summed E-state index contributed by atoms with van der Waals surface area (Å²) in [6.07, 6.45) is 4.89. The molecule has 2 N–H and O–H groups in total. The van der Waals surface area contributed by atoms with Gasteiger partial charge in [-0.25, -0.2) is 0 Å². The van der Waals surface area contributed by atoms with Gasteiger partial charge in [0.15, 0.2) is 0 Å². The molecule has 98 valence electrons. The highest BCUT2D eigenvalue weighted by Gasteiger charge is 2.39. The summed E-state index contributed by atoms with van der Waals surface area (Å²) in [5.41, 5.74) is 0.399. The zero-order chi connectivity index (χ0) is 13.2. The van der Waals surface area contributed by atoms with E-state index in [1.54, 1.807) is 0 Å². The van der Waals surface area contributed by atoms with E-state index in [0.29, 0.717) is 12.1 Å². The summed E-state index contributed by atoms with van der Waals surface area (Å²) in [4.78, 5) is 27.5. The van der Waals surface area contributed by atoms with Crippen molar-refractivity contribution in [1.82, 2.24) is 15.2 Å². The molecule has 1 amide bonds. The summed E-state index contributed by atoms with van der Waals surface area (Å²) in [5.74, 6) is -0.139. The third-order valence-electron chi connectivity index (χ3n) is 3.86. The quantitative estimate of drug-likeness (QED) is 0.820. The predicted octanol–water partition coefficient (Wildman–Crippen LogP) is 0.589. The van der Waals surface area contributed by atoms with Crippen LogP contribution in [-0.4, -0.2) is 42.0 Å². The molecule has 1 aromatic rings. The van der Waals surface area contributed by atoms with E-state index in [4.69, 9.17) is 0 Å². The maximum Gasteiger partial charge on any atom is 0.252 e. The average Bonchev–Trinajstić information content (AvgIpc) is 2.27. The lowest BCUT2D eigenvalue weighted by atomic mass is 9.75. The molecular formula is C13H19N3O2. The van der Waals surface area contributed by atoms with Gasteiger partial charge in [0.1, 0.15) is 0 Å². The number of hydrogen-bond acceptors (Lipinski definition) is 3. The van der Waals surface area contributed by atoms with Gasteiger partial charge in [0.05, 0.1) is 5.56 Å². The van der Waals surface area contributed by atoms with Crippen molar-refractivity contribution < 1.29 is 4.79 Å². The fraction of sp³-hybridized carbons (Fsp3) is 0.538. The molecule has 0 aromatic carbocycles. The molecule has 1 heterocycles. The fourth-order valence-corrected chi connectivity index (χ4v) is 2.27. The highest BCUT2D eigenvalue weighted by Crippen LogP contribution is 2.35. The average molecular weight is 249 g/mol. The van der Waals surface area contributed by atoms with Crippen LogP contribution >= 0.6 is 0 Å². The number of rotatable bonds is 4. The summed E-state index contributed by atoms with van der Waals surface area (Å²) in [6.45, 7) is 0.651. The lowest BCUT2D eigenvalue weighted by molar-refractivity contribution is 0.0557. The Labute approximate surface area is 106 Å². The second kappa shape index (κ2) is 4.94. The van der Waals surface area contributed by atoms with Crippen LogP contribution in [0.4, 0.5) is 0 Å². The molecule has 0 unspecified atom stereocenters. The number of pyridine rings is 1. The molecule has 5 heteroatoms. The topological polar surface area (TPSA) is 65.2 Å². The Bertz CT molecular complexity index is 469. The van der Waals surface area contributed by atoms with Gasteiger partial charge in [-0.05, 0) is 39.4 Å². The Morgan fingerprint density at radius 2 is 2.17 bits per heavy atom. The first kappa shape index (κ1) is 12.8. The van der Waals surface area contributed by atoms with Gasteiger partial charge in [-0.2, -0.15) is 0 Å². The monoisotopic (exact) mass is 249 g/mol. The fourth-order valence-electron chi connectivity index (χ4n) is 2.27. The number of likely N-dealkylation sites (N-methyl/N-ethyl adjacent to an activating group) is 1. The molecule has 1 fully saturated rings. The molecule has 1 aliphatic rings. The minimum absolute atomic E-state index is 0.109. The van der Waals surface area contributed by atoms with Gasteiger partial charge < -0.3 is 15.2 Å². The number of carbonyl (C=O) groups is 1. The van der Waals surface area contributed by atoms with E-state index in [1.165, 1.54) is 24.8 Å². The zero-order valence-corrected chi connectivity index (χ0v) is 10.8. The van der Waals surface area contributed by atoms with Crippen molar-refractivity contribution in [2.24, 2.45) is 0 Å². The van der Waals surface area contributed by atoms with Crippen LogP contribution in [0, 0.1) is 0 Å². The first-order valence-corrected chi connectivity index (χ1v) is 6.18. The SMILES string of the molecule is CN(C)C1(CNC(=O)c2ccc(=O)[nH]c2)CCC1. The molecule has 0 atom stereocenters. The van der Waals surface area contributed by atoms with Gasteiger partial charge in [-0.15, -0.1) is 0 Å². The van der Waals surface area contributed by atoms with E-state index < -0.39 is 0 Å². The molecule has 0 radical (unpaired) electrons. The first-order chi connectivity index (χ1) is 8.53. The molecule has 0 saturated heterocycles. The third kappa shape index (κ3) is 2.46. The largest absolute Gasteiger partial charge is 0.350 e. The van der Waals surface area contributed by atoms with Crippen molar-refractivity contribution in [3.05, 3.63) is 34.2 Å². The highest BCUT2D eigenvalue weighted by molar-refractivity contribution is 5.93. The number of hydrogen-bond donors (Lipinski definition) is 2. The van der Waals surface area contributed by atoms with E-state index in [9.17, 15) is 9.59 Å². The molecule has 5 nitrogen and oxygen atoms in total. The van der Waals surface area contributed by atoms with E-state index in [1.807, 2.05) is 14.1 Å². The van der Waals surface area contributed by atoms with Crippen LogP contribution in [0.15, 0.2) is 23.1 Å². The molecule has 18 heavy (non-hydrogen) atoms. The van der Waals surface area contributed by atoms with Crippen molar-refractivity contribution >= 4 is 5.91 Å². The van der Waals surface area contributed by atoms with Gasteiger partial charge in [0.2, 0.25) is 5.56 Å². The highest BCUT2D eigenvalue weighted by atomic mass is 16.1. The Balaban J connectivity index is 1.96. The molecule has 0 bridgehead atoms. The van der Waals surface area contributed by atoms with Crippen molar-refractivity contribution in [3.63, 3.8) is 0 Å². The van der Waals surface area contributed by atoms with E-state index in [-0.39, 0.29) is 17.0 Å². The van der Waals surface area contributed by atoms with E-state index in [2.05, 4.69) is 15.2 Å². The lowest BCUT2D eigenvalue weighted by Gasteiger charge is -2.47. The standard InChI is InChI=1S/C13H19N3O2/c1-16(2)13(6-3-7-13)9-15-12(18)10-4-5-11(17)14-8-10/h4-5,8H,3,6-7,9H2,1-2H3,(H,14,17)(H,15,18). The maximum atomic E-state index is 11.9. The van der Waals surface area contributed by atoms with Gasteiger partial charge in [-0.3, -0.25) is 9.59 Å². The number of carbonyl (C=O) groups excluding carboxylic acids is 1. The first-order valence-electron chi connectivity index (χ1n) is 6.18. The zero-order valence-electron chi connectivity index (χ0n) is 10.8. The van der Waals surface area contributed by atoms with Crippen LogP contribution in [0.3, 0.4) is 0 Å². The van der Waals surface area contributed by atoms with Gasteiger partial charge in [0, 0.05) is 24.3 Å². The Kier molecular flexibility index (Phi) is 3.52. The van der Waals surface area contributed by atoms with E-state index >= 15 is 0 Å². The summed E-state index contributed by atoms with van der Waals surface area (Å²) in [5, 5.41) is 2.94. The molecule has 1 aliphatic carbocycles. The minimum Gasteiger partial charge on any atom is -0.350 e. The second-order valence-electron chi connectivity index (χ2n) is 5.10. The number of aromatic amines is 1. The van der Waals surface area contributed by atoms with Crippen molar-refractivity contribution in [2.75, 3.05) is 20.6 Å². The van der Waals surface area contributed by atoms with Crippen molar-refractivity contribution in [1.29, 1.82) is 0 Å². The Morgan fingerprint density at radius 3 is 2.61 bits per heavy atom. The van der Waals surface area contributed by atoms with Crippen molar-refractivity contribution in [2.45, 2.75) is 24.8 Å². The summed E-state index contributed by atoms with van der Waals surface area (Å²) < 4.78 is 0. The lowest BCUT2D eigenvalue weighted by Crippen LogP contribution is -2.57. The van der Waals surface area contributed by atoms with E-state index in [0.717, 1.165) is 12.8 Å². The van der Waals surface area contributed by atoms with Crippen LogP contribution in [0.1, 0.15) is 29.6 Å². The predicted molar refractivity (Wildman–Crippen MR) is 69.7 cm³/mol. The van der Waals surface area contributed by atoms with Crippen molar-refractivity contribution in [3.8, 4) is 0 Å². The van der Waals surface area contributed by atoms with Gasteiger partial charge in [-0.1, -0.05) is 0 Å². The number of aromatic nitrogens is 1. The normalized spacial score (nSPS) is 17.3. The maximum absolute atomic E-state index is 11.9. The molecular weight excluding hydrogens is 230 g/mol. The second-order valence-corrected chi connectivity index (χ2v) is 5.10. The van der Waals surface area contributed by atoms with Crippen LogP contribution in [0.5, 0.6) is 0 Å². The summed E-state index contributed by atoms with van der Waals surface area (Å²) in [6, 6.07) is 2.90. The number of H-pyrrole nitrogens is 1. The Morgan fingerprint density at radius 1 is 1.44 bits per heavy atom. The Hall–Kier alpha value is -1.62. The molecule has 1 aromatic heterocycles. The van der Waals surface area contributed by atoms with Crippen LogP contribution in [-0.2, 0) is 0 Å². The summed E-state index contributed by atoms with van der Waals surface area (Å²) >= 11 is 0. The number of amides is 1. The van der Waals surface area contributed by atoms with Crippen LogP contribution in [0.25, 0.3) is 0 Å². The number of nitrogens with one attached hydrogen (secondary N) is 2. The molecule has 1 saturated carbocycles. The smallest absolute Gasteiger partial charge is 0.252 e. The van der Waals surface area contributed by atoms with Gasteiger partial charge >= 0.3 is 0 Å². The van der Waals surface area contributed by atoms with Crippen LogP contribution in [0.2, 0.25) is 0 Å². The summed E-state index contributed by atoms with van der Waals surface area (Å²) in [7, 11) is 4.09. The van der Waals surface area contributed by atoms with Gasteiger partial charge in [0.25, 0.3) is 5.91 Å². The molecule has 0 aliphatic heterocycles. The minimum atomic E-state index is -0.199. The molecule has 2 rings (SSSR count). The third-order valence-corrected chi connectivity index (χ3v) is 3.86. The number of nitrogens with zero attached hydrogens (tertiary/aromatic N) is 1.